The molecule has 9 heteroatoms. The lowest BCUT2D eigenvalue weighted by atomic mass is 10.2. The number of carbonyl (C=O) groups is 2. The minimum absolute atomic E-state index is 0.150. The van der Waals surface area contributed by atoms with E-state index in [0.717, 1.165) is 25.7 Å². The fourth-order valence-electron chi connectivity index (χ4n) is 3.14. The second kappa shape index (κ2) is 7.64. The monoisotopic (exact) mass is 349 g/mol. The number of aromatic nitrogens is 2. The molecule has 1 aliphatic carbocycles. The van der Waals surface area contributed by atoms with E-state index in [9.17, 15) is 14.7 Å². The van der Waals surface area contributed by atoms with Gasteiger partial charge < -0.3 is 20.1 Å². The minimum Gasteiger partial charge on any atom is -0.476 e. The van der Waals surface area contributed by atoms with Crippen molar-refractivity contribution in [3.05, 3.63) is 11.9 Å². The zero-order chi connectivity index (χ0) is 17.8. The first kappa shape index (κ1) is 17.4. The number of nitrogens with one attached hydrogen (secondary N) is 1. The van der Waals surface area contributed by atoms with Crippen molar-refractivity contribution in [3.63, 3.8) is 0 Å². The van der Waals surface area contributed by atoms with E-state index in [1.165, 1.54) is 18.1 Å². The molecule has 9 nitrogen and oxygen atoms in total. The zero-order valence-corrected chi connectivity index (χ0v) is 14.3. The zero-order valence-electron chi connectivity index (χ0n) is 14.3. The van der Waals surface area contributed by atoms with Crippen molar-refractivity contribution in [2.45, 2.75) is 31.7 Å². The second-order valence-corrected chi connectivity index (χ2v) is 6.30. The van der Waals surface area contributed by atoms with Gasteiger partial charge >= 0.3 is 12.0 Å². The van der Waals surface area contributed by atoms with Gasteiger partial charge in [0.15, 0.2) is 5.69 Å². The maximum absolute atomic E-state index is 12.4. The number of hydrogen-bond donors (Lipinski definition) is 2. The molecule has 1 saturated carbocycles. The lowest BCUT2D eigenvalue weighted by Gasteiger charge is -2.27. The number of ether oxygens (including phenoxy) is 1. The minimum atomic E-state index is -1.19. The molecule has 0 bridgehead atoms. The second-order valence-electron chi connectivity index (χ2n) is 6.30. The Morgan fingerprint density at radius 2 is 2.00 bits per heavy atom. The molecular formula is C16H23N5O4. The van der Waals surface area contributed by atoms with Crippen molar-refractivity contribution in [3.8, 4) is 0 Å². The number of carboxylic acids is 1. The lowest BCUT2D eigenvalue weighted by molar-refractivity contribution is 0.0691. The molecule has 25 heavy (non-hydrogen) atoms. The molecule has 2 amide bonds. The topological polar surface area (TPSA) is 108 Å². The van der Waals surface area contributed by atoms with E-state index in [0.29, 0.717) is 32.3 Å². The van der Waals surface area contributed by atoms with Crippen LogP contribution in [0.5, 0.6) is 0 Å². The van der Waals surface area contributed by atoms with E-state index in [4.69, 9.17) is 4.74 Å². The van der Waals surface area contributed by atoms with Gasteiger partial charge in [0.25, 0.3) is 0 Å². The number of hydrogen-bond acceptors (Lipinski definition) is 6. The van der Waals surface area contributed by atoms with E-state index < -0.39 is 5.97 Å². The van der Waals surface area contributed by atoms with Crippen LogP contribution in [0.1, 0.15) is 36.2 Å². The van der Waals surface area contributed by atoms with Gasteiger partial charge in [-0.1, -0.05) is 12.8 Å². The van der Waals surface area contributed by atoms with Crippen molar-refractivity contribution < 1.29 is 19.4 Å². The van der Waals surface area contributed by atoms with Crippen LogP contribution in [0.3, 0.4) is 0 Å². The summed E-state index contributed by atoms with van der Waals surface area (Å²) in [6.45, 7) is 2.32. The van der Waals surface area contributed by atoms with Crippen LogP contribution < -0.4 is 15.1 Å². The quantitative estimate of drug-likeness (QED) is 0.838. The van der Waals surface area contributed by atoms with E-state index in [1.54, 1.807) is 0 Å². The average Bonchev–Trinajstić information content (AvgIpc) is 3.14. The maximum atomic E-state index is 12.4. The normalized spacial score (nSPS) is 18.2. The number of urea groups is 1. The molecule has 0 aromatic carbocycles. The largest absolute Gasteiger partial charge is 0.476 e. The van der Waals surface area contributed by atoms with E-state index >= 15 is 0 Å². The molecule has 0 unspecified atom stereocenters. The van der Waals surface area contributed by atoms with E-state index in [1.807, 2.05) is 4.90 Å². The van der Waals surface area contributed by atoms with Crippen molar-refractivity contribution in [2.24, 2.45) is 0 Å². The average molecular weight is 349 g/mol. The Morgan fingerprint density at radius 1 is 1.32 bits per heavy atom. The Bertz CT molecular complexity index is 641. The van der Waals surface area contributed by atoms with Crippen molar-refractivity contribution >= 4 is 23.6 Å². The molecule has 2 fully saturated rings. The molecule has 2 aliphatic rings. The number of anilines is 2. The highest BCUT2D eigenvalue weighted by atomic mass is 16.5. The van der Waals surface area contributed by atoms with Gasteiger partial charge in [-0.3, -0.25) is 4.90 Å². The SMILES string of the molecule is CN(C(=O)NC1CCCC1)c1cnc(N2CCOCC2)nc1C(=O)O. The highest BCUT2D eigenvalue weighted by molar-refractivity contribution is 5.99. The highest BCUT2D eigenvalue weighted by Crippen LogP contribution is 2.22. The van der Waals surface area contributed by atoms with Gasteiger partial charge in [0, 0.05) is 26.2 Å². The molecular weight excluding hydrogens is 326 g/mol. The smallest absolute Gasteiger partial charge is 0.356 e. The molecule has 2 N–H and O–H groups in total. The summed E-state index contributed by atoms with van der Waals surface area (Å²) in [4.78, 5) is 35.6. The number of nitrogens with zero attached hydrogens (tertiary/aromatic N) is 4. The molecule has 1 saturated heterocycles. The molecule has 1 aliphatic heterocycles. The third kappa shape index (κ3) is 3.98. The number of morpholine rings is 1. The molecule has 0 radical (unpaired) electrons. The number of carbonyl (C=O) groups excluding carboxylic acids is 1. The van der Waals surface area contributed by atoms with Crippen LogP contribution in [0.15, 0.2) is 6.20 Å². The van der Waals surface area contributed by atoms with Gasteiger partial charge in [-0.15, -0.1) is 0 Å². The number of amides is 2. The van der Waals surface area contributed by atoms with Gasteiger partial charge in [-0.2, -0.15) is 0 Å². The lowest BCUT2D eigenvalue weighted by Crippen LogP contribution is -2.43. The Kier molecular flexibility index (Phi) is 5.32. The first-order valence-corrected chi connectivity index (χ1v) is 8.53. The van der Waals surface area contributed by atoms with Gasteiger partial charge in [-0.05, 0) is 12.8 Å². The Labute approximate surface area is 146 Å². The van der Waals surface area contributed by atoms with Crippen LogP contribution >= 0.6 is 0 Å². The van der Waals surface area contributed by atoms with Crippen LogP contribution in [-0.2, 0) is 4.74 Å². The fourth-order valence-corrected chi connectivity index (χ4v) is 3.14. The van der Waals surface area contributed by atoms with Gasteiger partial charge in [0.2, 0.25) is 5.95 Å². The molecule has 0 atom stereocenters. The predicted octanol–water partition coefficient (Wildman–Crippen LogP) is 1.10. The molecule has 1 aromatic heterocycles. The van der Waals surface area contributed by atoms with E-state index in [-0.39, 0.29) is 23.5 Å². The molecule has 2 heterocycles. The molecule has 136 valence electrons. The summed E-state index contributed by atoms with van der Waals surface area (Å²) in [6.07, 6.45) is 5.52. The number of aromatic carboxylic acids is 1. The summed E-state index contributed by atoms with van der Waals surface area (Å²) in [7, 11) is 1.53. The summed E-state index contributed by atoms with van der Waals surface area (Å²) in [5.74, 6) is -0.846. The fraction of sp³-hybridized carbons (Fsp3) is 0.625. The van der Waals surface area contributed by atoms with Crippen molar-refractivity contribution in [1.29, 1.82) is 0 Å². The van der Waals surface area contributed by atoms with Gasteiger partial charge in [0.05, 0.1) is 25.1 Å². The first-order chi connectivity index (χ1) is 12.1. The maximum Gasteiger partial charge on any atom is 0.356 e. The van der Waals surface area contributed by atoms with Crippen molar-refractivity contribution in [1.82, 2.24) is 15.3 Å². The molecule has 0 spiro atoms. The highest BCUT2D eigenvalue weighted by Gasteiger charge is 2.25. The third-order valence-corrected chi connectivity index (χ3v) is 4.60. The summed E-state index contributed by atoms with van der Waals surface area (Å²) < 4.78 is 5.28. The Hall–Kier alpha value is -2.42. The van der Waals surface area contributed by atoms with Crippen LogP contribution in [0.25, 0.3) is 0 Å². The summed E-state index contributed by atoms with van der Waals surface area (Å²) in [5, 5.41) is 12.4. The predicted molar refractivity (Wildman–Crippen MR) is 91.2 cm³/mol. The van der Waals surface area contributed by atoms with Crippen LogP contribution in [-0.4, -0.2) is 66.5 Å². The summed E-state index contributed by atoms with van der Waals surface area (Å²) in [6, 6.07) is -0.186. The van der Waals surface area contributed by atoms with Crippen LogP contribution in [0.4, 0.5) is 16.4 Å². The Morgan fingerprint density at radius 3 is 2.64 bits per heavy atom. The number of rotatable bonds is 4. The molecule has 3 rings (SSSR count). The van der Waals surface area contributed by atoms with Gasteiger partial charge in [-0.25, -0.2) is 19.6 Å². The van der Waals surface area contributed by atoms with Crippen LogP contribution in [0.2, 0.25) is 0 Å². The standard InChI is InChI=1S/C16H23N5O4/c1-20(16(24)18-11-4-2-3-5-11)12-10-17-15(19-13(12)14(22)23)21-6-8-25-9-7-21/h10-11H,2-9H2,1H3,(H,18,24)(H,22,23). The van der Waals surface area contributed by atoms with E-state index in [2.05, 4.69) is 15.3 Å². The Balaban J connectivity index is 1.79. The van der Waals surface area contributed by atoms with Crippen molar-refractivity contribution in [2.75, 3.05) is 43.2 Å². The van der Waals surface area contributed by atoms with Gasteiger partial charge in [0.1, 0.15) is 0 Å². The summed E-state index contributed by atoms with van der Waals surface area (Å²) in [5.41, 5.74) is 0.000528. The molecule has 1 aromatic rings. The first-order valence-electron chi connectivity index (χ1n) is 8.53. The number of carboxylic acid groups (broad SMARTS) is 1. The third-order valence-electron chi connectivity index (χ3n) is 4.60. The van der Waals surface area contributed by atoms with Crippen LogP contribution in [0, 0.1) is 0 Å². The summed E-state index contributed by atoms with van der Waals surface area (Å²) >= 11 is 0.